The highest BCUT2D eigenvalue weighted by Crippen LogP contribution is 2.46. The molecule has 0 bridgehead atoms. The van der Waals surface area contributed by atoms with Crippen LogP contribution in [0, 0.1) is 23.7 Å². The van der Waals surface area contributed by atoms with Crippen LogP contribution in [0.25, 0.3) is 0 Å². The van der Waals surface area contributed by atoms with E-state index in [0.717, 1.165) is 12.5 Å². The third kappa shape index (κ3) is 2.05. The Hall–Kier alpha value is -0.370. The quantitative estimate of drug-likeness (QED) is 0.733. The highest BCUT2D eigenvalue weighted by atomic mass is 16.1. The summed E-state index contributed by atoms with van der Waals surface area (Å²) >= 11 is 0. The lowest BCUT2D eigenvalue weighted by Crippen LogP contribution is -2.32. The van der Waals surface area contributed by atoms with Gasteiger partial charge in [-0.25, -0.2) is 0 Å². The van der Waals surface area contributed by atoms with Crippen LogP contribution in [-0.2, 0) is 4.79 Å². The number of fused-ring (bicyclic) bond motifs is 1. The molecule has 0 amide bonds. The van der Waals surface area contributed by atoms with E-state index in [1.54, 1.807) is 0 Å². The summed E-state index contributed by atoms with van der Waals surface area (Å²) in [4.78, 5) is 15.0. The zero-order valence-corrected chi connectivity index (χ0v) is 11.0. The Balaban J connectivity index is 1.69. The maximum Gasteiger partial charge on any atom is 0.140 e. The Morgan fingerprint density at radius 1 is 1.12 bits per heavy atom. The van der Waals surface area contributed by atoms with E-state index in [1.165, 1.54) is 51.6 Å². The van der Waals surface area contributed by atoms with Gasteiger partial charge in [0.15, 0.2) is 0 Å². The van der Waals surface area contributed by atoms with Crippen molar-refractivity contribution in [2.45, 2.75) is 45.4 Å². The molecule has 1 aliphatic heterocycles. The van der Waals surface area contributed by atoms with E-state index in [2.05, 4.69) is 11.8 Å². The van der Waals surface area contributed by atoms with E-state index < -0.39 is 0 Å². The highest BCUT2D eigenvalue weighted by Gasteiger charge is 2.48. The van der Waals surface area contributed by atoms with Gasteiger partial charge in [0.2, 0.25) is 0 Å². The maximum absolute atomic E-state index is 12.5. The van der Waals surface area contributed by atoms with Crippen molar-refractivity contribution in [3.8, 4) is 0 Å². The standard InChI is InChI=1S/C15H25NO/c1-11-12-6-2-3-7-13(12)15(17)14(11)10-16-8-4-5-9-16/h11-14H,2-10H2,1H3. The molecule has 4 unspecified atom stereocenters. The van der Waals surface area contributed by atoms with Crippen molar-refractivity contribution in [2.24, 2.45) is 23.7 Å². The topological polar surface area (TPSA) is 20.3 Å². The lowest BCUT2D eigenvalue weighted by atomic mass is 9.78. The molecule has 0 radical (unpaired) electrons. The Kier molecular flexibility index (Phi) is 3.25. The van der Waals surface area contributed by atoms with Crippen molar-refractivity contribution in [1.82, 2.24) is 4.90 Å². The molecule has 3 fully saturated rings. The Bertz CT molecular complexity index is 295. The normalized spacial score (nSPS) is 43.0. The summed E-state index contributed by atoms with van der Waals surface area (Å²) in [6, 6.07) is 0. The summed E-state index contributed by atoms with van der Waals surface area (Å²) in [5.74, 6) is 2.79. The minimum Gasteiger partial charge on any atom is -0.303 e. The van der Waals surface area contributed by atoms with Gasteiger partial charge in [-0.1, -0.05) is 19.8 Å². The number of nitrogens with zero attached hydrogens (tertiary/aromatic N) is 1. The monoisotopic (exact) mass is 235 g/mol. The van der Waals surface area contributed by atoms with Crippen molar-refractivity contribution in [3.05, 3.63) is 0 Å². The minimum atomic E-state index is 0.362. The van der Waals surface area contributed by atoms with Crippen LogP contribution in [0.3, 0.4) is 0 Å². The van der Waals surface area contributed by atoms with Gasteiger partial charge in [-0.05, 0) is 50.6 Å². The maximum atomic E-state index is 12.5. The van der Waals surface area contributed by atoms with Crippen LogP contribution in [0.15, 0.2) is 0 Å². The highest BCUT2D eigenvalue weighted by molar-refractivity contribution is 5.86. The Labute approximate surface area is 105 Å². The van der Waals surface area contributed by atoms with Crippen LogP contribution < -0.4 is 0 Å². The number of Topliss-reactive ketones (excluding diaryl/α,β-unsaturated/α-hetero) is 1. The van der Waals surface area contributed by atoms with Crippen molar-refractivity contribution >= 4 is 5.78 Å². The predicted octanol–water partition coefficient (Wildman–Crippen LogP) is 2.72. The zero-order chi connectivity index (χ0) is 11.8. The van der Waals surface area contributed by atoms with Crippen LogP contribution in [0.1, 0.15) is 45.4 Å². The number of carbonyl (C=O) groups excluding carboxylic acids is 1. The molecule has 0 N–H and O–H groups in total. The Morgan fingerprint density at radius 3 is 2.53 bits per heavy atom. The molecule has 4 atom stereocenters. The first kappa shape index (κ1) is 11.7. The predicted molar refractivity (Wildman–Crippen MR) is 68.8 cm³/mol. The first-order chi connectivity index (χ1) is 8.27. The molecule has 3 aliphatic rings. The lowest BCUT2D eigenvalue weighted by molar-refractivity contribution is -0.125. The molecule has 1 heterocycles. The molecular formula is C15H25NO. The molecule has 96 valence electrons. The molecule has 1 saturated heterocycles. The molecule has 0 spiro atoms. The summed E-state index contributed by atoms with van der Waals surface area (Å²) in [6.45, 7) is 5.86. The van der Waals surface area contributed by atoms with Gasteiger partial charge in [0.25, 0.3) is 0 Å². The third-order valence-electron chi connectivity index (χ3n) is 5.51. The summed E-state index contributed by atoms with van der Waals surface area (Å²) in [5.41, 5.74) is 0. The fraction of sp³-hybridized carbons (Fsp3) is 0.933. The van der Waals surface area contributed by atoms with E-state index in [4.69, 9.17) is 0 Å². The largest absolute Gasteiger partial charge is 0.303 e. The number of carbonyl (C=O) groups is 1. The van der Waals surface area contributed by atoms with Gasteiger partial charge in [-0.2, -0.15) is 0 Å². The van der Waals surface area contributed by atoms with E-state index in [9.17, 15) is 4.79 Å². The van der Waals surface area contributed by atoms with Gasteiger partial charge in [0.1, 0.15) is 5.78 Å². The van der Waals surface area contributed by atoms with Gasteiger partial charge >= 0.3 is 0 Å². The second-order valence-electron chi connectivity index (χ2n) is 6.43. The fourth-order valence-corrected chi connectivity index (χ4v) is 4.47. The van der Waals surface area contributed by atoms with Gasteiger partial charge in [0.05, 0.1) is 0 Å². The number of hydrogen-bond donors (Lipinski definition) is 0. The molecule has 2 saturated carbocycles. The molecule has 2 heteroatoms. The van der Waals surface area contributed by atoms with E-state index >= 15 is 0 Å². The van der Waals surface area contributed by atoms with Gasteiger partial charge in [-0.15, -0.1) is 0 Å². The Morgan fingerprint density at radius 2 is 1.82 bits per heavy atom. The molecular weight excluding hydrogens is 210 g/mol. The van der Waals surface area contributed by atoms with Gasteiger partial charge in [0, 0.05) is 18.4 Å². The fourth-order valence-electron chi connectivity index (χ4n) is 4.47. The number of likely N-dealkylation sites (tertiary alicyclic amines) is 1. The number of ketones is 1. The van der Waals surface area contributed by atoms with Crippen LogP contribution >= 0.6 is 0 Å². The first-order valence-corrected chi connectivity index (χ1v) is 7.53. The molecule has 0 aromatic rings. The molecule has 0 aromatic heterocycles. The van der Waals surface area contributed by atoms with Gasteiger partial charge < -0.3 is 4.90 Å². The minimum absolute atomic E-state index is 0.362. The third-order valence-corrected chi connectivity index (χ3v) is 5.51. The summed E-state index contributed by atoms with van der Waals surface area (Å²) in [6.07, 6.45) is 7.81. The zero-order valence-electron chi connectivity index (χ0n) is 11.0. The molecule has 0 aromatic carbocycles. The summed E-state index contributed by atoms with van der Waals surface area (Å²) in [7, 11) is 0. The number of hydrogen-bond acceptors (Lipinski definition) is 2. The molecule has 17 heavy (non-hydrogen) atoms. The van der Waals surface area contributed by atoms with E-state index in [0.29, 0.717) is 23.5 Å². The molecule has 2 aliphatic carbocycles. The van der Waals surface area contributed by atoms with E-state index in [1.807, 2.05) is 0 Å². The smallest absolute Gasteiger partial charge is 0.140 e. The second kappa shape index (κ2) is 4.72. The average Bonchev–Trinajstić information content (AvgIpc) is 2.94. The summed E-state index contributed by atoms with van der Waals surface area (Å²) < 4.78 is 0. The summed E-state index contributed by atoms with van der Waals surface area (Å²) in [5, 5.41) is 0. The van der Waals surface area contributed by atoms with Crippen LogP contribution in [0.2, 0.25) is 0 Å². The molecule has 2 nitrogen and oxygen atoms in total. The first-order valence-electron chi connectivity index (χ1n) is 7.53. The second-order valence-corrected chi connectivity index (χ2v) is 6.43. The van der Waals surface area contributed by atoms with Crippen molar-refractivity contribution < 1.29 is 4.79 Å². The van der Waals surface area contributed by atoms with Crippen molar-refractivity contribution in [3.63, 3.8) is 0 Å². The molecule has 3 rings (SSSR count). The van der Waals surface area contributed by atoms with Crippen molar-refractivity contribution in [1.29, 1.82) is 0 Å². The van der Waals surface area contributed by atoms with Crippen LogP contribution in [-0.4, -0.2) is 30.3 Å². The van der Waals surface area contributed by atoms with E-state index in [-0.39, 0.29) is 0 Å². The van der Waals surface area contributed by atoms with Gasteiger partial charge in [-0.3, -0.25) is 4.79 Å². The van der Waals surface area contributed by atoms with Crippen LogP contribution in [0.5, 0.6) is 0 Å². The number of rotatable bonds is 2. The van der Waals surface area contributed by atoms with Crippen molar-refractivity contribution in [2.75, 3.05) is 19.6 Å². The van der Waals surface area contributed by atoms with Crippen LogP contribution in [0.4, 0.5) is 0 Å². The lowest BCUT2D eigenvalue weighted by Gasteiger charge is -2.27. The average molecular weight is 235 g/mol. The SMILES string of the molecule is CC1C(CN2CCCC2)C(=O)C2CCCCC21.